The van der Waals surface area contributed by atoms with Crippen LogP contribution in [0.1, 0.15) is 17.4 Å². The van der Waals surface area contributed by atoms with E-state index in [1.165, 1.54) is 12.4 Å². The number of anilines is 2. The molecule has 0 fully saturated rings. The Morgan fingerprint density at radius 2 is 1.86 bits per heavy atom. The highest BCUT2D eigenvalue weighted by molar-refractivity contribution is 6.02. The van der Waals surface area contributed by atoms with E-state index in [0.717, 1.165) is 0 Å². The molecule has 0 bridgehead atoms. The van der Waals surface area contributed by atoms with Gasteiger partial charge in [0.25, 0.3) is 5.91 Å². The van der Waals surface area contributed by atoms with Crippen LogP contribution in [0.2, 0.25) is 0 Å². The van der Waals surface area contributed by atoms with Gasteiger partial charge < -0.3 is 10.6 Å². The summed E-state index contributed by atoms with van der Waals surface area (Å²) in [4.78, 5) is 19.7. The zero-order chi connectivity index (χ0) is 15.4. The number of hydrogen-bond donors (Lipinski definition) is 2. The average molecular weight is 296 g/mol. The highest BCUT2D eigenvalue weighted by atomic mass is 19.2. The maximum Gasteiger partial charge on any atom is 0.275 e. The first-order valence-electron chi connectivity index (χ1n) is 6.03. The number of carbonyl (C=O) groups excluding carboxylic acids is 1. The molecule has 0 aliphatic heterocycles. The van der Waals surface area contributed by atoms with Crippen LogP contribution in [-0.2, 0) is 0 Å². The minimum absolute atomic E-state index is 0.0430. The highest BCUT2D eigenvalue weighted by Crippen LogP contribution is 2.18. The van der Waals surface area contributed by atoms with Crippen molar-refractivity contribution in [1.82, 2.24) is 9.97 Å². The van der Waals surface area contributed by atoms with Crippen LogP contribution in [0.5, 0.6) is 0 Å². The summed E-state index contributed by atoms with van der Waals surface area (Å²) < 4.78 is 38.9. The first-order valence-corrected chi connectivity index (χ1v) is 6.03. The van der Waals surface area contributed by atoms with E-state index < -0.39 is 23.4 Å². The highest BCUT2D eigenvalue weighted by Gasteiger charge is 2.14. The monoisotopic (exact) mass is 296 g/mol. The van der Waals surface area contributed by atoms with Crippen molar-refractivity contribution in [3.63, 3.8) is 0 Å². The van der Waals surface area contributed by atoms with Crippen molar-refractivity contribution in [1.29, 1.82) is 0 Å². The topological polar surface area (TPSA) is 66.9 Å². The van der Waals surface area contributed by atoms with E-state index >= 15 is 0 Å². The number of nitrogens with zero attached hydrogens (tertiary/aromatic N) is 2. The molecule has 110 valence electrons. The summed E-state index contributed by atoms with van der Waals surface area (Å²) in [6.07, 6.45) is 2.63. The summed E-state index contributed by atoms with van der Waals surface area (Å²) in [6, 6.07) is 1.36. The molecule has 2 N–H and O–H groups in total. The second-order valence-electron chi connectivity index (χ2n) is 4.03. The van der Waals surface area contributed by atoms with Crippen molar-refractivity contribution < 1.29 is 18.0 Å². The van der Waals surface area contributed by atoms with Gasteiger partial charge in [0.1, 0.15) is 11.5 Å². The third-order valence-electron chi connectivity index (χ3n) is 2.47. The fourth-order valence-corrected chi connectivity index (χ4v) is 1.56. The lowest BCUT2D eigenvalue weighted by Gasteiger charge is -2.07. The summed E-state index contributed by atoms with van der Waals surface area (Å²) in [7, 11) is 0. The Balaban J connectivity index is 2.20. The van der Waals surface area contributed by atoms with E-state index in [4.69, 9.17) is 0 Å². The number of hydrogen-bond acceptors (Lipinski definition) is 4. The van der Waals surface area contributed by atoms with E-state index in [2.05, 4.69) is 20.6 Å². The maximum atomic E-state index is 13.1. The van der Waals surface area contributed by atoms with Crippen LogP contribution in [0, 0.1) is 17.5 Å². The Kier molecular flexibility index (Phi) is 4.36. The number of rotatable bonds is 4. The molecular formula is C13H11F3N4O. The Morgan fingerprint density at radius 3 is 2.48 bits per heavy atom. The summed E-state index contributed by atoms with van der Waals surface area (Å²) in [5, 5.41) is 5.09. The summed E-state index contributed by atoms with van der Waals surface area (Å²) >= 11 is 0. The van der Waals surface area contributed by atoms with Crippen LogP contribution >= 0.6 is 0 Å². The van der Waals surface area contributed by atoms with E-state index in [9.17, 15) is 18.0 Å². The Labute approximate surface area is 118 Å². The van der Waals surface area contributed by atoms with E-state index in [1.54, 1.807) is 0 Å². The lowest BCUT2D eigenvalue weighted by atomic mass is 10.2. The van der Waals surface area contributed by atoms with Gasteiger partial charge in [-0.1, -0.05) is 0 Å². The molecule has 0 atom stereocenters. The second-order valence-corrected chi connectivity index (χ2v) is 4.03. The van der Waals surface area contributed by atoms with Crippen molar-refractivity contribution in [2.45, 2.75) is 6.92 Å². The largest absolute Gasteiger partial charge is 0.369 e. The van der Waals surface area contributed by atoms with Gasteiger partial charge in [-0.3, -0.25) is 9.78 Å². The van der Waals surface area contributed by atoms with Gasteiger partial charge in [-0.25, -0.2) is 18.2 Å². The smallest absolute Gasteiger partial charge is 0.275 e. The van der Waals surface area contributed by atoms with Gasteiger partial charge in [-0.15, -0.1) is 0 Å². The summed E-state index contributed by atoms with van der Waals surface area (Å²) in [5.41, 5.74) is -0.259. The molecule has 2 rings (SSSR count). The molecule has 8 heteroatoms. The van der Waals surface area contributed by atoms with Crippen LogP contribution in [0.15, 0.2) is 24.5 Å². The minimum Gasteiger partial charge on any atom is -0.369 e. The molecule has 1 aromatic heterocycles. The van der Waals surface area contributed by atoms with Crippen molar-refractivity contribution in [3.8, 4) is 0 Å². The third-order valence-corrected chi connectivity index (χ3v) is 2.47. The van der Waals surface area contributed by atoms with E-state index in [0.29, 0.717) is 24.5 Å². The number of nitrogens with one attached hydrogen (secondary N) is 2. The van der Waals surface area contributed by atoms with E-state index in [1.807, 2.05) is 6.92 Å². The normalized spacial score (nSPS) is 10.3. The van der Waals surface area contributed by atoms with Gasteiger partial charge in [0.15, 0.2) is 17.5 Å². The van der Waals surface area contributed by atoms with Crippen molar-refractivity contribution in [2.75, 3.05) is 17.2 Å². The predicted molar refractivity (Wildman–Crippen MR) is 70.5 cm³/mol. The maximum absolute atomic E-state index is 13.1. The number of amides is 1. The molecule has 1 heterocycles. The summed E-state index contributed by atoms with van der Waals surface area (Å²) in [5.74, 6) is -4.70. The third kappa shape index (κ3) is 3.47. The molecule has 1 amide bonds. The zero-order valence-corrected chi connectivity index (χ0v) is 11.0. The van der Waals surface area contributed by atoms with Crippen LogP contribution in [0.3, 0.4) is 0 Å². The minimum atomic E-state index is -1.60. The van der Waals surface area contributed by atoms with Gasteiger partial charge in [-0.2, -0.15) is 0 Å². The van der Waals surface area contributed by atoms with Gasteiger partial charge in [0.05, 0.1) is 12.4 Å². The molecule has 0 unspecified atom stereocenters. The van der Waals surface area contributed by atoms with Gasteiger partial charge in [-0.05, 0) is 6.92 Å². The fraction of sp³-hybridized carbons (Fsp3) is 0.154. The number of benzene rings is 1. The Hall–Kier alpha value is -2.64. The molecule has 5 nitrogen and oxygen atoms in total. The molecular weight excluding hydrogens is 285 g/mol. The standard InChI is InChI=1S/C13H11F3N4O/c1-2-18-11-6-17-5-10(20-11)13(21)19-7-3-8(14)12(16)9(15)4-7/h3-6H,2H2,1H3,(H,18,20)(H,19,21). The van der Waals surface area contributed by atoms with Gasteiger partial charge in [0.2, 0.25) is 0 Å². The SMILES string of the molecule is CCNc1cncc(C(=O)Nc2cc(F)c(F)c(F)c2)n1. The Morgan fingerprint density at radius 1 is 1.19 bits per heavy atom. The number of halogens is 3. The molecule has 2 aromatic rings. The fourth-order valence-electron chi connectivity index (χ4n) is 1.56. The lowest BCUT2D eigenvalue weighted by Crippen LogP contribution is -2.15. The Bertz CT molecular complexity index is 655. The quantitative estimate of drug-likeness (QED) is 0.851. The first kappa shape index (κ1) is 14.8. The number of aromatic nitrogens is 2. The molecule has 0 radical (unpaired) electrons. The second kappa shape index (κ2) is 6.21. The van der Waals surface area contributed by atoms with Gasteiger partial charge >= 0.3 is 0 Å². The van der Waals surface area contributed by atoms with Crippen LogP contribution in [0.4, 0.5) is 24.7 Å². The van der Waals surface area contributed by atoms with Gasteiger partial charge in [0, 0.05) is 24.4 Å². The van der Waals surface area contributed by atoms with Crippen LogP contribution < -0.4 is 10.6 Å². The molecule has 0 aliphatic carbocycles. The predicted octanol–water partition coefficient (Wildman–Crippen LogP) is 2.58. The lowest BCUT2D eigenvalue weighted by molar-refractivity contribution is 0.102. The number of carbonyl (C=O) groups is 1. The van der Waals surface area contributed by atoms with Crippen LogP contribution in [-0.4, -0.2) is 22.4 Å². The van der Waals surface area contributed by atoms with Crippen molar-refractivity contribution >= 4 is 17.4 Å². The molecule has 21 heavy (non-hydrogen) atoms. The zero-order valence-electron chi connectivity index (χ0n) is 11.0. The molecule has 0 saturated carbocycles. The van der Waals surface area contributed by atoms with Crippen molar-refractivity contribution in [3.05, 3.63) is 47.7 Å². The molecule has 0 aliphatic rings. The first-order chi connectivity index (χ1) is 10.0. The van der Waals surface area contributed by atoms with Crippen LogP contribution in [0.25, 0.3) is 0 Å². The van der Waals surface area contributed by atoms with E-state index in [-0.39, 0.29) is 11.4 Å². The molecule has 0 spiro atoms. The molecule has 1 aromatic carbocycles. The summed E-state index contributed by atoms with van der Waals surface area (Å²) in [6.45, 7) is 2.44. The average Bonchev–Trinajstić information content (AvgIpc) is 2.45. The van der Waals surface area contributed by atoms with Crippen molar-refractivity contribution in [2.24, 2.45) is 0 Å². The molecule has 0 saturated heterocycles.